The fourth-order valence-corrected chi connectivity index (χ4v) is 4.46. The fraction of sp³-hybridized carbons (Fsp3) is 0.800. The van der Waals surface area contributed by atoms with E-state index in [-0.39, 0.29) is 18.3 Å². The maximum atomic E-state index is 11.2. The molecule has 28 heavy (non-hydrogen) atoms. The van der Waals surface area contributed by atoms with Crippen LogP contribution >= 0.6 is 0 Å². The molecule has 160 valence electrons. The molecule has 8 heteroatoms. The van der Waals surface area contributed by atoms with Crippen LogP contribution in [0.3, 0.4) is 0 Å². The summed E-state index contributed by atoms with van der Waals surface area (Å²) in [5.74, 6) is -4.45. The van der Waals surface area contributed by atoms with E-state index >= 15 is 0 Å². The minimum Gasteiger partial charge on any atom is -0.481 e. The van der Waals surface area contributed by atoms with E-state index in [9.17, 15) is 19.2 Å². The Morgan fingerprint density at radius 2 is 1.29 bits per heavy atom. The monoisotopic (exact) mass is 400 g/mol. The van der Waals surface area contributed by atoms with Crippen molar-refractivity contribution in [2.45, 2.75) is 72.6 Å². The first-order chi connectivity index (χ1) is 12.7. The highest BCUT2D eigenvalue weighted by molar-refractivity contribution is 5.99. The van der Waals surface area contributed by atoms with Gasteiger partial charge in [0.2, 0.25) is 0 Å². The molecule has 0 aromatic heterocycles. The van der Waals surface area contributed by atoms with Gasteiger partial charge >= 0.3 is 23.9 Å². The molecule has 2 rings (SSSR count). The van der Waals surface area contributed by atoms with Gasteiger partial charge in [-0.25, -0.2) is 0 Å². The van der Waals surface area contributed by atoms with E-state index in [0.717, 1.165) is 6.42 Å². The van der Waals surface area contributed by atoms with Crippen LogP contribution in [-0.4, -0.2) is 44.3 Å². The smallest absolute Gasteiger partial charge is 0.321 e. The fourth-order valence-electron chi connectivity index (χ4n) is 4.46. The second-order valence-corrected chi connectivity index (χ2v) is 9.04. The molecule has 2 aliphatic rings. The Morgan fingerprint density at radius 3 is 1.61 bits per heavy atom. The third-order valence-electron chi connectivity index (χ3n) is 7.06. The van der Waals surface area contributed by atoms with Gasteiger partial charge in [0.1, 0.15) is 0 Å². The molecule has 2 saturated carbocycles. The van der Waals surface area contributed by atoms with E-state index < -0.39 is 40.1 Å². The van der Waals surface area contributed by atoms with Crippen molar-refractivity contribution in [3.8, 4) is 0 Å². The van der Waals surface area contributed by atoms with E-state index in [1.165, 1.54) is 0 Å². The molecule has 2 fully saturated rings. The Kier molecular flexibility index (Phi) is 7.25. The lowest BCUT2D eigenvalue weighted by Crippen LogP contribution is -2.52. The summed E-state index contributed by atoms with van der Waals surface area (Å²) in [4.78, 5) is 44.1. The first-order valence-electron chi connectivity index (χ1n) is 9.65. The highest BCUT2D eigenvalue weighted by Gasteiger charge is 2.58. The van der Waals surface area contributed by atoms with Crippen LogP contribution in [0.4, 0.5) is 0 Å². The summed E-state index contributed by atoms with van der Waals surface area (Å²) in [5, 5.41) is 36.1. The maximum Gasteiger partial charge on any atom is 0.321 e. The molecule has 8 nitrogen and oxygen atoms in total. The van der Waals surface area contributed by atoms with Crippen LogP contribution in [0.5, 0.6) is 0 Å². The summed E-state index contributed by atoms with van der Waals surface area (Å²) >= 11 is 0. The maximum absolute atomic E-state index is 11.2. The zero-order valence-electron chi connectivity index (χ0n) is 17.0. The van der Waals surface area contributed by atoms with Gasteiger partial charge in [-0.15, -0.1) is 0 Å². The van der Waals surface area contributed by atoms with Crippen LogP contribution in [0, 0.1) is 28.1 Å². The first kappa shape index (κ1) is 23.9. The van der Waals surface area contributed by atoms with Gasteiger partial charge in [-0.3, -0.25) is 19.2 Å². The summed E-state index contributed by atoms with van der Waals surface area (Å²) in [5.41, 5.74) is -3.00. The predicted octanol–water partition coefficient (Wildman–Crippen LogP) is 3.34. The molecule has 0 saturated heterocycles. The number of hydrogen-bond donors (Lipinski definition) is 4. The second-order valence-electron chi connectivity index (χ2n) is 9.04. The minimum absolute atomic E-state index is 0.0742. The lowest BCUT2D eigenvalue weighted by molar-refractivity contribution is -0.178. The molecule has 0 amide bonds. The number of carboxylic acid groups (broad SMARTS) is 4. The topological polar surface area (TPSA) is 149 Å². The van der Waals surface area contributed by atoms with Gasteiger partial charge in [-0.05, 0) is 50.4 Å². The predicted molar refractivity (Wildman–Crippen MR) is 99.8 cm³/mol. The van der Waals surface area contributed by atoms with Crippen molar-refractivity contribution in [3.63, 3.8) is 0 Å². The molecule has 0 heterocycles. The quantitative estimate of drug-likeness (QED) is 0.525. The molecule has 0 bridgehead atoms. The molecule has 0 aromatic carbocycles. The van der Waals surface area contributed by atoms with Crippen molar-refractivity contribution in [1.29, 1.82) is 0 Å². The van der Waals surface area contributed by atoms with Gasteiger partial charge in [0.15, 0.2) is 5.41 Å². The molecule has 0 radical (unpaired) electrons. The average Bonchev–Trinajstić information content (AvgIpc) is 2.56. The largest absolute Gasteiger partial charge is 0.481 e. The molecule has 4 N–H and O–H groups in total. The van der Waals surface area contributed by atoms with E-state index in [1.54, 1.807) is 20.8 Å². The van der Waals surface area contributed by atoms with Crippen molar-refractivity contribution in [2.75, 3.05) is 0 Å². The van der Waals surface area contributed by atoms with Gasteiger partial charge in [0.25, 0.3) is 0 Å². The minimum atomic E-state index is -1.59. The van der Waals surface area contributed by atoms with Gasteiger partial charge in [0, 0.05) is 0 Å². The molecule has 3 atom stereocenters. The summed E-state index contributed by atoms with van der Waals surface area (Å²) in [6.07, 6.45) is 3.90. The van der Waals surface area contributed by atoms with Crippen LogP contribution in [0.1, 0.15) is 72.6 Å². The van der Waals surface area contributed by atoms with E-state index in [1.807, 2.05) is 6.92 Å². The standard InChI is InChI=1S/2C10H16O4/c1-6-5-7(8(11)12)3-4-10(6,2)9(13)14;1-9(2)5-3-4-6-10(9,7(11)12)8(13)14/h6-7H,3-5H2,1-2H3,(H,11,12)(H,13,14);3-6H2,1-2H3,(H,11,12)(H,13,14). The van der Waals surface area contributed by atoms with E-state index in [4.69, 9.17) is 20.4 Å². The Balaban J connectivity index is 0.000000280. The zero-order chi connectivity index (χ0) is 21.9. The van der Waals surface area contributed by atoms with E-state index in [2.05, 4.69) is 0 Å². The SMILES string of the molecule is CC1(C)CCCCC1(C(=O)O)C(=O)O.CC1CC(C(=O)O)CCC1(C)C(=O)O. The average molecular weight is 400 g/mol. The second kappa shape index (κ2) is 8.49. The van der Waals surface area contributed by atoms with Gasteiger partial charge in [0.05, 0.1) is 11.3 Å². The number of hydrogen-bond acceptors (Lipinski definition) is 4. The third-order valence-corrected chi connectivity index (χ3v) is 7.06. The molecule has 2 aliphatic carbocycles. The van der Waals surface area contributed by atoms with Gasteiger partial charge < -0.3 is 20.4 Å². The van der Waals surface area contributed by atoms with Crippen molar-refractivity contribution in [2.24, 2.45) is 28.1 Å². The van der Waals surface area contributed by atoms with Crippen LogP contribution in [-0.2, 0) is 19.2 Å². The third kappa shape index (κ3) is 4.31. The summed E-state index contributed by atoms with van der Waals surface area (Å²) in [6.45, 7) is 6.99. The van der Waals surface area contributed by atoms with Crippen molar-refractivity contribution < 1.29 is 39.6 Å². The van der Waals surface area contributed by atoms with Crippen LogP contribution in [0.2, 0.25) is 0 Å². The number of carbonyl (C=O) groups is 4. The van der Waals surface area contributed by atoms with Gasteiger partial charge in [-0.2, -0.15) is 0 Å². The Bertz CT molecular complexity index is 624. The van der Waals surface area contributed by atoms with Crippen LogP contribution in [0.25, 0.3) is 0 Å². The molecule has 0 aromatic rings. The van der Waals surface area contributed by atoms with Crippen molar-refractivity contribution in [1.82, 2.24) is 0 Å². The highest BCUT2D eigenvalue weighted by Crippen LogP contribution is 2.50. The van der Waals surface area contributed by atoms with Gasteiger partial charge in [-0.1, -0.05) is 33.6 Å². The Hall–Kier alpha value is -2.12. The van der Waals surface area contributed by atoms with Crippen molar-refractivity contribution in [3.05, 3.63) is 0 Å². The first-order valence-corrected chi connectivity index (χ1v) is 9.65. The molecule has 3 unspecified atom stereocenters. The normalized spacial score (nSPS) is 31.0. The summed E-state index contributed by atoms with van der Waals surface area (Å²) in [6, 6.07) is 0. The van der Waals surface area contributed by atoms with Crippen molar-refractivity contribution >= 4 is 23.9 Å². The Labute approximate surface area is 164 Å². The highest BCUT2D eigenvalue weighted by atomic mass is 16.4. The number of rotatable bonds is 4. The zero-order valence-corrected chi connectivity index (χ0v) is 17.0. The Morgan fingerprint density at radius 1 is 0.786 bits per heavy atom. The molecule has 0 aliphatic heterocycles. The lowest BCUT2D eigenvalue weighted by Gasteiger charge is -2.43. The lowest BCUT2D eigenvalue weighted by atomic mass is 9.57. The number of carboxylic acids is 4. The molecular weight excluding hydrogens is 368 g/mol. The number of aliphatic carboxylic acids is 4. The molecular formula is C20H32O8. The summed E-state index contributed by atoms with van der Waals surface area (Å²) < 4.78 is 0. The van der Waals surface area contributed by atoms with Crippen LogP contribution in [0.15, 0.2) is 0 Å². The molecule has 0 spiro atoms. The summed E-state index contributed by atoms with van der Waals surface area (Å²) in [7, 11) is 0. The van der Waals surface area contributed by atoms with Crippen LogP contribution < -0.4 is 0 Å². The van der Waals surface area contributed by atoms with E-state index in [0.29, 0.717) is 32.1 Å².